The molecule has 0 bridgehead atoms. The zero-order valence-electron chi connectivity index (χ0n) is 25.3. The van der Waals surface area contributed by atoms with Gasteiger partial charge in [0.15, 0.2) is 0 Å². The number of aromatic nitrogens is 2. The summed E-state index contributed by atoms with van der Waals surface area (Å²) < 4.78 is 39.3. The second-order valence-corrected chi connectivity index (χ2v) is 10.0. The van der Waals surface area contributed by atoms with E-state index in [-0.39, 0.29) is 25.7 Å². The molecule has 7 rings (SSSR count). The molecular formula is C34H26IrN2OS-2. The molecule has 195 valence electrons. The Bertz CT molecular complexity index is 1980. The average molecular weight is 707 g/mol. The van der Waals surface area contributed by atoms with Crippen molar-refractivity contribution in [3.05, 3.63) is 120 Å². The van der Waals surface area contributed by atoms with Gasteiger partial charge in [-0.3, -0.25) is 0 Å². The Balaban J connectivity index is 0.000000238. The van der Waals surface area contributed by atoms with Crippen LogP contribution in [0.4, 0.5) is 0 Å². The van der Waals surface area contributed by atoms with Crippen molar-refractivity contribution in [2.45, 2.75) is 26.6 Å². The predicted molar refractivity (Wildman–Crippen MR) is 159 cm³/mol. The zero-order valence-corrected chi connectivity index (χ0v) is 24.5. The first-order valence-corrected chi connectivity index (χ1v) is 13.1. The topological polar surface area (TPSA) is 38.9 Å². The molecule has 0 N–H and O–H groups in total. The van der Waals surface area contributed by atoms with Gasteiger partial charge in [0, 0.05) is 43.4 Å². The average Bonchev–Trinajstić information content (AvgIpc) is 3.62. The van der Waals surface area contributed by atoms with Crippen LogP contribution >= 0.6 is 11.3 Å². The maximum Gasteiger partial charge on any atom is 0.138 e. The molecule has 0 saturated heterocycles. The van der Waals surface area contributed by atoms with E-state index in [1.807, 2.05) is 60.0 Å². The third-order valence-electron chi connectivity index (χ3n) is 6.37. The third-order valence-corrected chi connectivity index (χ3v) is 7.30. The molecule has 7 aromatic rings. The molecule has 0 atom stereocenters. The molecule has 0 fully saturated rings. The molecule has 1 radical (unpaired) electrons. The van der Waals surface area contributed by atoms with Gasteiger partial charge in [-0.05, 0) is 58.2 Å². The van der Waals surface area contributed by atoms with Crippen molar-refractivity contribution >= 4 is 43.4 Å². The molecule has 39 heavy (non-hydrogen) atoms. The minimum absolute atomic E-state index is 0. The van der Waals surface area contributed by atoms with Crippen LogP contribution in [-0.2, 0) is 20.1 Å². The van der Waals surface area contributed by atoms with Gasteiger partial charge < -0.3 is 14.4 Å². The van der Waals surface area contributed by atoms with Crippen LogP contribution in [0.1, 0.15) is 36.4 Å². The molecule has 0 unspecified atom stereocenters. The quantitative estimate of drug-likeness (QED) is 0.172. The summed E-state index contributed by atoms with van der Waals surface area (Å²) >= 11 is 1.64. The largest absolute Gasteiger partial charge is 0.499 e. The Labute approximate surface area is 251 Å². The first-order chi connectivity index (χ1) is 20.1. The van der Waals surface area contributed by atoms with E-state index in [2.05, 4.69) is 40.3 Å². The third kappa shape index (κ3) is 5.31. The number of pyridine rings is 2. The molecule has 0 amide bonds. The van der Waals surface area contributed by atoms with Crippen LogP contribution in [0.2, 0.25) is 0 Å². The minimum Gasteiger partial charge on any atom is -0.499 e. The maximum atomic E-state index is 8.47. The van der Waals surface area contributed by atoms with Crippen LogP contribution in [-0.4, -0.2) is 9.97 Å². The normalized spacial score (nSPS) is 13.1. The van der Waals surface area contributed by atoms with E-state index in [9.17, 15) is 0 Å². The van der Waals surface area contributed by atoms with E-state index in [0.717, 1.165) is 37.7 Å². The second kappa shape index (κ2) is 11.6. The van der Waals surface area contributed by atoms with Crippen molar-refractivity contribution in [2.75, 3.05) is 0 Å². The molecule has 3 nitrogen and oxygen atoms in total. The van der Waals surface area contributed by atoms with Gasteiger partial charge in [0.25, 0.3) is 0 Å². The Morgan fingerprint density at radius 2 is 1.77 bits per heavy atom. The molecule has 4 aromatic heterocycles. The Hall–Kier alpha value is -3.63. The fourth-order valence-electron chi connectivity index (χ4n) is 4.49. The Morgan fingerprint density at radius 1 is 0.897 bits per heavy atom. The summed E-state index contributed by atoms with van der Waals surface area (Å²) in [5, 5.41) is 5.16. The second-order valence-electron chi connectivity index (χ2n) is 9.09. The van der Waals surface area contributed by atoms with Gasteiger partial charge in [-0.15, -0.1) is 65.4 Å². The first kappa shape index (κ1) is 22.2. The standard InChI is InChI=1S/C23H18NOS.C11H8N.Ir/c1-13(2)19-11-20(24-12-14(19)3)18-6-4-5-16-17-8-7-15-9-10-26-23(15)22(17)25-21(16)18;1-2-6-10(7-3-1)11-8-4-5-9-12-11;/h4-5,7-13H,1-3H3;1-6,8-9H;/q2*-1;/i3D3,13D;;. The summed E-state index contributed by atoms with van der Waals surface area (Å²) in [5.41, 5.74) is 5.24. The summed E-state index contributed by atoms with van der Waals surface area (Å²) in [4.78, 5) is 8.65. The number of hydrogen-bond donors (Lipinski definition) is 0. The van der Waals surface area contributed by atoms with Crippen molar-refractivity contribution in [1.29, 1.82) is 0 Å². The maximum absolute atomic E-state index is 8.47. The first-order valence-electron chi connectivity index (χ1n) is 14.2. The molecule has 0 aliphatic rings. The van der Waals surface area contributed by atoms with Gasteiger partial charge in [-0.1, -0.05) is 55.1 Å². The van der Waals surface area contributed by atoms with Crippen LogP contribution in [0.25, 0.3) is 54.5 Å². The van der Waals surface area contributed by atoms with E-state index in [0.29, 0.717) is 22.4 Å². The van der Waals surface area contributed by atoms with Crippen molar-refractivity contribution in [2.24, 2.45) is 0 Å². The van der Waals surface area contributed by atoms with E-state index < -0.39 is 12.7 Å². The molecule has 3 aromatic carbocycles. The minimum atomic E-state index is -2.33. The van der Waals surface area contributed by atoms with Gasteiger partial charge in [0.1, 0.15) is 5.58 Å². The molecular weight excluding hydrogens is 677 g/mol. The number of benzene rings is 3. The smallest absolute Gasteiger partial charge is 0.138 e. The monoisotopic (exact) mass is 707 g/mol. The number of hydrogen-bond acceptors (Lipinski definition) is 4. The van der Waals surface area contributed by atoms with Gasteiger partial charge in [0.05, 0.1) is 10.3 Å². The van der Waals surface area contributed by atoms with Gasteiger partial charge >= 0.3 is 0 Å². The number of aryl methyl sites for hydroxylation is 1. The number of nitrogens with zero attached hydrogens (tertiary/aromatic N) is 2. The van der Waals surface area contributed by atoms with Crippen LogP contribution < -0.4 is 0 Å². The van der Waals surface area contributed by atoms with E-state index in [1.165, 1.54) is 6.20 Å². The molecule has 0 saturated carbocycles. The predicted octanol–water partition coefficient (Wildman–Crippen LogP) is 9.64. The summed E-state index contributed by atoms with van der Waals surface area (Å²) in [6, 6.07) is 31.7. The van der Waals surface area contributed by atoms with Crippen LogP contribution in [0.5, 0.6) is 0 Å². The summed E-state index contributed by atoms with van der Waals surface area (Å²) in [5.74, 6) is -1.09. The number of furan rings is 1. The zero-order chi connectivity index (χ0) is 29.5. The summed E-state index contributed by atoms with van der Waals surface area (Å²) in [6.45, 7) is 1.03. The summed E-state index contributed by atoms with van der Waals surface area (Å²) in [7, 11) is 0. The molecule has 4 heterocycles. The number of rotatable bonds is 3. The van der Waals surface area contributed by atoms with Crippen molar-refractivity contribution in [1.82, 2.24) is 9.97 Å². The molecule has 5 heteroatoms. The van der Waals surface area contributed by atoms with E-state index >= 15 is 0 Å². The SMILES string of the molecule is [2H]C([2H])([2H])c1cnc(-c2[c-]ccc3c2oc2c3ccc3ccsc32)cc1C([2H])(C)C.[Ir].[c-]1ccccc1-c1ccccn1. The molecule has 0 aliphatic carbocycles. The van der Waals surface area contributed by atoms with Gasteiger partial charge in [0.2, 0.25) is 0 Å². The fourth-order valence-corrected chi connectivity index (χ4v) is 5.38. The van der Waals surface area contributed by atoms with Crippen LogP contribution in [0.3, 0.4) is 0 Å². The Kier molecular flexibility index (Phi) is 6.62. The molecule has 0 aliphatic heterocycles. The number of thiophene rings is 1. The Morgan fingerprint density at radius 3 is 2.54 bits per heavy atom. The van der Waals surface area contributed by atoms with Crippen molar-refractivity contribution < 1.29 is 30.0 Å². The fraction of sp³-hybridized carbons (Fsp3) is 0.118. The van der Waals surface area contributed by atoms with Crippen LogP contribution in [0, 0.1) is 19.0 Å². The molecule has 0 spiro atoms. The van der Waals surface area contributed by atoms with Gasteiger partial charge in [-0.2, -0.15) is 0 Å². The van der Waals surface area contributed by atoms with E-state index in [1.54, 1.807) is 37.4 Å². The van der Waals surface area contributed by atoms with E-state index in [4.69, 9.17) is 9.90 Å². The number of fused-ring (bicyclic) bond motifs is 5. The van der Waals surface area contributed by atoms with Gasteiger partial charge in [-0.25, -0.2) is 0 Å². The van der Waals surface area contributed by atoms with Crippen LogP contribution in [0.15, 0.2) is 101 Å². The summed E-state index contributed by atoms with van der Waals surface area (Å²) in [6.07, 6.45) is 3.15. The van der Waals surface area contributed by atoms with Crippen molar-refractivity contribution in [3.63, 3.8) is 0 Å². The van der Waals surface area contributed by atoms with Crippen molar-refractivity contribution in [3.8, 4) is 22.5 Å².